The van der Waals surface area contributed by atoms with Gasteiger partial charge in [0.1, 0.15) is 0 Å². The number of ether oxygens (including phenoxy) is 2. The van der Waals surface area contributed by atoms with E-state index >= 15 is 0 Å². The average Bonchev–Trinajstić information content (AvgIpc) is 2.53. The number of esters is 1. The largest absolute Gasteiger partial charge is 0.467 e. The molecule has 1 saturated heterocycles. The van der Waals surface area contributed by atoms with Crippen LogP contribution in [-0.4, -0.2) is 74.0 Å². The van der Waals surface area contributed by atoms with Gasteiger partial charge in [-0.15, -0.1) is 10.2 Å². The fourth-order valence-corrected chi connectivity index (χ4v) is 1.97. The number of rotatable bonds is 3. The van der Waals surface area contributed by atoms with Gasteiger partial charge in [-0.1, -0.05) is 0 Å². The summed E-state index contributed by atoms with van der Waals surface area (Å²) in [5.41, 5.74) is 0.279. The standard InChI is InChI=1S/C13H18N4O4/c1-16(2)12(18)9-4-5-11(15-14-9)17-6-7-21-10(8-17)13(19)20-3/h4-5,10H,6-8H2,1-3H3. The van der Waals surface area contributed by atoms with Crippen molar-refractivity contribution in [1.82, 2.24) is 15.1 Å². The van der Waals surface area contributed by atoms with Gasteiger partial charge >= 0.3 is 5.97 Å². The summed E-state index contributed by atoms with van der Waals surface area (Å²) < 4.78 is 10.0. The summed E-state index contributed by atoms with van der Waals surface area (Å²) in [6.45, 7) is 1.35. The normalized spacial score (nSPS) is 18.2. The zero-order valence-electron chi connectivity index (χ0n) is 12.3. The topological polar surface area (TPSA) is 84.9 Å². The van der Waals surface area contributed by atoms with Crippen molar-refractivity contribution < 1.29 is 19.1 Å². The maximum Gasteiger partial charge on any atom is 0.336 e. The molecule has 2 heterocycles. The Bertz CT molecular complexity index is 517. The minimum absolute atomic E-state index is 0.205. The van der Waals surface area contributed by atoms with Gasteiger partial charge in [0, 0.05) is 20.6 Å². The van der Waals surface area contributed by atoms with Crippen LogP contribution in [-0.2, 0) is 14.3 Å². The molecule has 1 fully saturated rings. The van der Waals surface area contributed by atoms with Gasteiger partial charge in [-0.05, 0) is 12.1 Å². The van der Waals surface area contributed by atoms with Crippen molar-refractivity contribution in [3.05, 3.63) is 17.8 Å². The number of carbonyl (C=O) groups is 2. The van der Waals surface area contributed by atoms with E-state index < -0.39 is 12.1 Å². The van der Waals surface area contributed by atoms with Gasteiger partial charge in [-0.2, -0.15) is 0 Å². The van der Waals surface area contributed by atoms with Crippen LogP contribution in [0.2, 0.25) is 0 Å². The second-order valence-electron chi connectivity index (χ2n) is 4.80. The lowest BCUT2D eigenvalue weighted by Crippen LogP contribution is -2.47. The Labute approximate surface area is 122 Å². The number of amides is 1. The summed E-state index contributed by atoms with van der Waals surface area (Å²) in [7, 11) is 4.63. The van der Waals surface area contributed by atoms with E-state index in [4.69, 9.17) is 4.74 Å². The van der Waals surface area contributed by atoms with Gasteiger partial charge in [0.2, 0.25) is 0 Å². The highest BCUT2D eigenvalue weighted by atomic mass is 16.6. The molecule has 114 valence electrons. The lowest BCUT2D eigenvalue weighted by atomic mass is 10.2. The zero-order chi connectivity index (χ0) is 15.4. The summed E-state index contributed by atoms with van der Waals surface area (Å²) >= 11 is 0. The molecule has 1 aromatic rings. The van der Waals surface area contributed by atoms with Crippen LogP contribution in [0.4, 0.5) is 5.82 Å². The highest BCUT2D eigenvalue weighted by Gasteiger charge is 2.28. The average molecular weight is 294 g/mol. The number of anilines is 1. The highest BCUT2D eigenvalue weighted by Crippen LogP contribution is 2.15. The number of hydrogen-bond donors (Lipinski definition) is 0. The van der Waals surface area contributed by atoms with Crippen LogP contribution in [0.1, 0.15) is 10.5 Å². The van der Waals surface area contributed by atoms with Gasteiger partial charge in [0.25, 0.3) is 5.91 Å². The second-order valence-corrected chi connectivity index (χ2v) is 4.80. The third-order valence-corrected chi connectivity index (χ3v) is 3.13. The Hall–Kier alpha value is -2.22. The lowest BCUT2D eigenvalue weighted by Gasteiger charge is -2.31. The molecule has 0 N–H and O–H groups in total. The van der Waals surface area contributed by atoms with E-state index in [0.717, 1.165) is 0 Å². The second kappa shape index (κ2) is 6.49. The molecule has 8 nitrogen and oxygen atoms in total. The third-order valence-electron chi connectivity index (χ3n) is 3.13. The Balaban J connectivity index is 2.08. The number of aromatic nitrogens is 2. The minimum Gasteiger partial charge on any atom is -0.467 e. The Morgan fingerprint density at radius 3 is 2.71 bits per heavy atom. The molecule has 0 bridgehead atoms. The van der Waals surface area contributed by atoms with E-state index in [1.54, 1.807) is 26.2 Å². The van der Waals surface area contributed by atoms with Gasteiger partial charge in [-0.25, -0.2) is 4.79 Å². The van der Waals surface area contributed by atoms with Gasteiger partial charge in [0.05, 0.1) is 20.3 Å². The van der Waals surface area contributed by atoms with Crippen LogP contribution in [0.25, 0.3) is 0 Å². The van der Waals surface area contributed by atoms with Crippen molar-refractivity contribution in [2.45, 2.75) is 6.10 Å². The molecule has 0 aliphatic carbocycles. The molecule has 1 aromatic heterocycles. The predicted molar refractivity (Wildman–Crippen MR) is 74.0 cm³/mol. The lowest BCUT2D eigenvalue weighted by molar-refractivity contribution is -0.154. The molecule has 0 aromatic carbocycles. The maximum absolute atomic E-state index is 11.7. The molecule has 2 rings (SSSR count). The van der Waals surface area contributed by atoms with Gasteiger partial charge in [0.15, 0.2) is 17.6 Å². The molecule has 0 spiro atoms. The van der Waals surface area contributed by atoms with Crippen LogP contribution in [0.5, 0.6) is 0 Å². The monoisotopic (exact) mass is 294 g/mol. The SMILES string of the molecule is COC(=O)C1CN(c2ccc(C(=O)N(C)C)nn2)CCO1. The first-order valence-electron chi connectivity index (χ1n) is 6.52. The van der Waals surface area contributed by atoms with Crippen LogP contribution >= 0.6 is 0 Å². The molecule has 1 unspecified atom stereocenters. The van der Waals surface area contributed by atoms with Gasteiger partial charge in [-0.3, -0.25) is 4.79 Å². The molecule has 1 aliphatic heterocycles. The minimum atomic E-state index is -0.631. The molecular weight excluding hydrogens is 276 g/mol. The van der Waals surface area contributed by atoms with E-state index in [-0.39, 0.29) is 11.6 Å². The Morgan fingerprint density at radius 2 is 2.14 bits per heavy atom. The van der Waals surface area contributed by atoms with Crippen molar-refractivity contribution in [3.8, 4) is 0 Å². The molecule has 1 amide bonds. The first-order chi connectivity index (χ1) is 10.0. The smallest absolute Gasteiger partial charge is 0.336 e. The van der Waals surface area contributed by atoms with Crippen LogP contribution in [0, 0.1) is 0 Å². The van der Waals surface area contributed by atoms with E-state index in [1.165, 1.54) is 12.0 Å². The quantitative estimate of drug-likeness (QED) is 0.698. The van der Waals surface area contributed by atoms with Crippen molar-refractivity contribution in [2.75, 3.05) is 45.8 Å². The Morgan fingerprint density at radius 1 is 1.38 bits per heavy atom. The Kier molecular flexibility index (Phi) is 4.69. The summed E-state index contributed by atoms with van der Waals surface area (Å²) in [5, 5.41) is 7.97. The molecule has 1 aliphatic rings. The number of carbonyl (C=O) groups excluding carboxylic acids is 2. The zero-order valence-corrected chi connectivity index (χ0v) is 12.3. The molecule has 0 saturated carbocycles. The first-order valence-corrected chi connectivity index (χ1v) is 6.52. The maximum atomic E-state index is 11.7. The number of nitrogens with zero attached hydrogens (tertiary/aromatic N) is 4. The molecule has 21 heavy (non-hydrogen) atoms. The number of hydrogen-bond acceptors (Lipinski definition) is 7. The highest BCUT2D eigenvalue weighted by molar-refractivity contribution is 5.91. The molecule has 1 atom stereocenters. The van der Waals surface area contributed by atoms with Gasteiger partial charge < -0.3 is 19.3 Å². The summed E-state index contributed by atoms with van der Waals surface area (Å²) in [6, 6.07) is 3.33. The fraction of sp³-hybridized carbons (Fsp3) is 0.538. The van der Waals surface area contributed by atoms with Crippen molar-refractivity contribution in [2.24, 2.45) is 0 Å². The predicted octanol–water partition coefficient (Wildman–Crippen LogP) is -0.443. The van der Waals surface area contributed by atoms with Crippen LogP contribution < -0.4 is 4.90 Å². The molecule has 8 heteroatoms. The van der Waals surface area contributed by atoms with Crippen molar-refractivity contribution >= 4 is 17.7 Å². The van der Waals surface area contributed by atoms with E-state index in [1.807, 2.05) is 4.90 Å². The summed E-state index contributed by atoms with van der Waals surface area (Å²) in [4.78, 5) is 26.6. The summed E-state index contributed by atoms with van der Waals surface area (Å²) in [5.74, 6) is -0.0157. The molecular formula is C13H18N4O4. The fourth-order valence-electron chi connectivity index (χ4n) is 1.97. The van der Waals surface area contributed by atoms with Crippen molar-refractivity contribution in [1.29, 1.82) is 0 Å². The van der Waals surface area contributed by atoms with Crippen LogP contribution in [0.15, 0.2) is 12.1 Å². The van der Waals surface area contributed by atoms with E-state index in [9.17, 15) is 9.59 Å². The third kappa shape index (κ3) is 3.46. The first kappa shape index (κ1) is 15.2. The number of methoxy groups -OCH3 is 1. The summed E-state index contributed by atoms with van der Waals surface area (Å²) in [6.07, 6.45) is -0.631. The van der Waals surface area contributed by atoms with E-state index in [2.05, 4.69) is 14.9 Å². The van der Waals surface area contributed by atoms with Crippen LogP contribution in [0.3, 0.4) is 0 Å². The number of morpholine rings is 1. The molecule has 0 radical (unpaired) electrons. The van der Waals surface area contributed by atoms with Crippen molar-refractivity contribution in [3.63, 3.8) is 0 Å². The van der Waals surface area contributed by atoms with E-state index in [0.29, 0.717) is 25.5 Å².